The van der Waals surface area contributed by atoms with Crippen LogP contribution in [0.3, 0.4) is 0 Å². The van der Waals surface area contributed by atoms with E-state index in [0.717, 1.165) is 18.7 Å². The van der Waals surface area contributed by atoms with Crippen molar-refractivity contribution in [3.05, 3.63) is 29.8 Å². The Balaban J connectivity index is 2.39. The Hall–Kier alpha value is -1.55. The molecule has 4 nitrogen and oxygen atoms in total. The minimum absolute atomic E-state index is 0.192. The molecule has 0 saturated heterocycles. The van der Waals surface area contributed by atoms with Crippen LogP contribution in [-0.2, 0) is 16.0 Å². The van der Waals surface area contributed by atoms with Gasteiger partial charge in [0.1, 0.15) is 5.75 Å². The zero-order chi connectivity index (χ0) is 14.3. The van der Waals surface area contributed by atoms with Crippen LogP contribution in [0.1, 0.15) is 19.4 Å². The average Bonchev–Trinajstić information content (AvgIpc) is 2.37. The normalized spacial score (nSPS) is 10.8. The quantitative estimate of drug-likeness (QED) is 0.708. The number of likely N-dealkylation sites (N-methyl/N-ethyl adjacent to an activating group) is 1. The number of methoxy groups -OCH3 is 1. The lowest BCUT2D eigenvalue weighted by atomic mass is 10.1. The van der Waals surface area contributed by atoms with Crippen molar-refractivity contribution in [3.63, 3.8) is 0 Å². The van der Waals surface area contributed by atoms with Gasteiger partial charge in [-0.25, -0.2) is 0 Å². The molecular formula is C15H23NO3. The van der Waals surface area contributed by atoms with Crippen LogP contribution in [-0.4, -0.2) is 44.2 Å². The van der Waals surface area contributed by atoms with E-state index in [2.05, 4.69) is 16.9 Å². The molecule has 0 aliphatic carbocycles. The Labute approximate surface area is 115 Å². The summed E-state index contributed by atoms with van der Waals surface area (Å²) >= 11 is 0. The van der Waals surface area contributed by atoms with Crippen LogP contribution >= 0.6 is 0 Å². The summed E-state index contributed by atoms with van der Waals surface area (Å²) in [7, 11) is 3.32. The molecule has 0 amide bonds. The minimum atomic E-state index is -0.205. The van der Waals surface area contributed by atoms with Crippen LogP contribution in [0.15, 0.2) is 24.3 Å². The molecule has 0 unspecified atom stereocenters. The summed E-state index contributed by atoms with van der Waals surface area (Å²) in [6, 6.07) is 8.08. The van der Waals surface area contributed by atoms with Gasteiger partial charge < -0.3 is 9.47 Å². The van der Waals surface area contributed by atoms with E-state index in [1.807, 2.05) is 37.9 Å². The van der Waals surface area contributed by atoms with Crippen molar-refractivity contribution in [2.24, 2.45) is 0 Å². The summed E-state index contributed by atoms with van der Waals surface area (Å²) in [5.41, 5.74) is 1.23. The van der Waals surface area contributed by atoms with Gasteiger partial charge in [-0.05, 0) is 45.0 Å². The van der Waals surface area contributed by atoms with Crippen molar-refractivity contribution in [2.75, 3.05) is 27.2 Å². The van der Waals surface area contributed by atoms with Crippen LogP contribution in [0.25, 0.3) is 0 Å². The van der Waals surface area contributed by atoms with E-state index >= 15 is 0 Å². The third kappa shape index (κ3) is 6.25. The molecule has 0 bridgehead atoms. The fraction of sp³-hybridized carbons (Fsp3) is 0.533. The summed E-state index contributed by atoms with van der Waals surface area (Å²) in [5.74, 6) is 0.685. The Morgan fingerprint density at radius 3 is 2.42 bits per heavy atom. The number of carbonyl (C=O) groups is 1. The summed E-state index contributed by atoms with van der Waals surface area (Å²) < 4.78 is 10.2. The summed E-state index contributed by atoms with van der Waals surface area (Å²) in [5, 5.41) is 0. The lowest BCUT2D eigenvalue weighted by Gasteiger charge is -2.15. The van der Waals surface area contributed by atoms with Crippen LogP contribution in [0, 0.1) is 0 Å². The van der Waals surface area contributed by atoms with Crippen LogP contribution in [0.4, 0.5) is 0 Å². The lowest BCUT2D eigenvalue weighted by molar-refractivity contribution is -0.141. The van der Waals surface area contributed by atoms with Crippen molar-refractivity contribution in [3.8, 4) is 5.75 Å². The first-order valence-electron chi connectivity index (χ1n) is 6.52. The first kappa shape index (κ1) is 15.5. The Morgan fingerprint density at radius 1 is 1.26 bits per heavy atom. The number of esters is 1. The van der Waals surface area contributed by atoms with E-state index in [1.54, 1.807) is 0 Å². The molecule has 0 aromatic heterocycles. The molecule has 0 aliphatic heterocycles. The molecule has 0 atom stereocenters. The molecule has 0 saturated carbocycles. The predicted molar refractivity (Wildman–Crippen MR) is 75.4 cm³/mol. The summed E-state index contributed by atoms with van der Waals surface area (Å²) in [4.78, 5) is 13.0. The second kappa shape index (κ2) is 7.79. The maximum Gasteiger partial charge on any atom is 0.319 e. The van der Waals surface area contributed by atoms with Crippen LogP contribution < -0.4 is 4.74 Å². The van der Waals surface area contributed by atoms with E-state index < -0.39 is 0 Å². The molecule has 19 heavy (non-hydrogen) atoms. The van der Waals surface area contributed by atoms with E-state index in [1.165, 1.54) is 12.7 Å². The number of hydrogen-bond donors (Lipinski definition) is 0. The third-order valence-corrected chi connectivity index (χ3v) is 2.70. The van der Waals surface area contributed by atoms with Gasteiger partial charge in [-0.15, -0.1) is 0 Å². The first-order chi connectivity index (χ1) is 9.01. The van der Waals surface area contributed by atoms with Crippen molar-refractivity contribution < 1.29 is 14.3 Å². The van der Waals surface area contributed by atoms with Crippen molar-refractivity contribution in [2.45, 2.75) is 26.4 Å². The van der Waals surface area contributed by atoms with Crippen molar-refractivity contribution in [1.82, 2.24) is 4.90 Å². The van der Waals surface area contributed by atoms with Gasteiger partial charge in [0.2, 0.25) is 0 Å². The Bertz CT molecular complexity index is 387. The first-order valence-corrected chi connectivity index (χ1v) is 6.52. The Morgan fingerprint density at radius 2 is 1.89 bits per heavy atom. The van der Waals surface area contributed by atoms with Gasteiger partial charge in [-0.2, -0.15) is 0 Å². The molecule has 0 radical (unpaired) electrons. The largest absolute Gasteiger partial charge is 0.491 e. The molecule has 0 spiro atoms. The number of rotatable bonds is 7. The molecule has 1 aromatic rings. The molecule has 0 fully saturated rings. The molecule has 1 aromatic carbocycles. The van der Waals surface area contributed by atoms with Gasteiger partial charge in [0, 0.05) is 6.54 Å². The lowest BCUT2D eigenvalue weighted by Crippen LogP contribution is -2.28. The maximum atomic E-state index is 11.1. The van der Waals surface area contributed by atoms with Gasteiger partial charge in [-0.1, -0.05) is 12.1 Å². The highest BCUT2D eigenvalue weighted by molar-refractivity contribution is 5.71. The van der Waals surface area contributed by atoms with E-state index in [0.29, 0.717) is 6.54 Å². The molecule has 1 rings (SSSR count). The smallest absolute Gasteiger partial charge is 0.319 e. The fourth-order valence-electron chi connectivity index (χ4n) is 1.69. The highest BCUT2D eigenvalue weighted by Crippen LogP contribution is 2.14. The second-order valence-electron chi connectivity index (χ2n) is 4.87. The SMILES string of the molecule is COC(=O)CN(C)CCc1ccc(OC(C)C)cc1. The van der Waals surface area contributed by atoms with Crippen LogP contribution in [0.2, 0.25) is 0 Å². The van der Waals surface area contributed by atoms with E-state index in [4.69, 9.17) is 4.74 Å². The molecule has 106 valence electrons. The van der Waals surface area contributed by atoms with Crippen LogP contribution in [0.5, 0.6) is 5.75 Å². The highest BCUT2D eigenvalue weighted by atomic mass is 16.5. The van der Waals surface area contributed by atoms with E-state index in [-0.39, 0.29) is 12.1 Å². The number of hydrogen-bond acceptors (Lipinski definition) is 4. The molecule has 4 heteroatoms. The standard InChI is InChI=1S/C15H23NO3/c1-12(2)19-14-7-5-13(6-8-14)9-10-16(3)11-15(17)18-4/h5-8,12H,9-11H2,1-4H3. The van der Waals surface area contributed by atoms with Gasteiger partial charge >= 0.3 is 5.97 Å². The number of nitrogens with zero attached hydrogens (tertiary/aromatic N) is 1. The fourth-order valence-corrected chi connectivity index (χ4v) is 1.69. The molecular weight excluding hydrogens is 242 g/mol. The van der Waals surface area contributed by atoms with Gasteiger partial charge in [0.05, 0.1) is 19.8 Å². The average molecular weight is 265 g/mol. The monoisotopic (exact) mass is 265 g/mol. The minimum Gasteiger partial charge on any atom is -0.491 e. The topological polar surface area (TPSA) is 38.8 Å². The third-order valence-electron chi connectivity index (χ3n) is 2.70. The van der Waals surface area contributed by atoms with Crippen molar-refractivity contribution in [1.29, 1.82) is 0 Å². The van der Waals surface area contributed by atoms with Crippen molar-refractivity contribution >= 4 is 5.97 Å². The predicted octanol–water partition coefficient (Wildman–Crippen LogP) is 2.12. The van der Waals surface area contributed by atoms with Gasteiger partial charge in [0.25, 0.3) is 0 Å². The summed E-state index contributed by atoms with van der Waals surface area (Å²) in [6.45, 7) is 5.16. The molecule has 0 heterocycles. The van der Waals surface area contributed by atoms with Gasteiger partial charge in [0.15, 0.2) is 0 Å². The second-order valence-corrected chi connectivity index (χ2v) is 4.87. The zero-order valence-corrected chi connectivity index (χ0v) is 12.2. The number of ether oxygens (including phenoxy) is 2. The molecule has 0 aliphatic rings. The number of carbonyl (C=O) groups excluding carboxylic acids is 1. The molecule has 0 N–H and O–H groups in total. The maximum absolute atomic E-state index is 11.1. The van der Waals surface area contributed by atoms with E-state index in [9.17, 15) is 4.79 Å². The Kier molecular flexibility index (Phi) is 6.36. The zero-order valence-electron chi connectivity index (χ0n) is 12.2. The van der Waals surface area contributed by atoms with Gasteiger partial charge in [-0.3, -0.25) is 9.69 Å². The highest BCUT2D eigenvalue weighted by Gasteiger charge is 2.06. The number of benzene rings is 1. The summed E-state index contributed by atoms with van der Waals surface area (Å²) in [6.07, 6.45) is 1.09.